The van der Waals surface area contributed by atoms with E-state index in [1.165, 1.54) is 12.1 Å². The lowest BCUT2D eigenvalue weighted by Gasteiger charge is -2.38. The summed E-state index contributed by atoms with van der Waals surface area (Å²) in [5, 5.41) is 10.5. The quantitative estimate of drug-likeness (QED) is 0.901. The van der Waals surface area contributed by atoms with Crippen molar-refractivity contribution >= 4 is 0 Å². The molecule has 0 aliphatic carbocycles. The van der Waals surface area contributed by atoms with Crippen molar-refractivity contribution in [3.8, 4) is 0 Å². The molecule has 1 N–H and O–H groups in total. The van der Waals surface area contributed by atoms with Crippen molar-refractivity contribution in [1.82, 2.24) is 4.90 Å². The Morgan fingerprint density at radius 3 is 2.29 bits per heavy atom. The first-order valence-corrected chi connectivity index (χ1v) is 7.44. The van der Waals surface area contributed by atoms with E-state index in [1.54, 1.807) is 6.07 Å². The standard InChI is InChI=1S/C16H20F3NO/c1-20-11-6-7-12(20)9-10(8-11)15(21)13-4-2-3-5-14(13)16(17,18)19/h2-5,10-12,15,21H,6-9H2,1H3. The van der Waals surface area contributed by atoms with Gasteiger partial charge in [-0.15, -0.1) is 0 Å². The van der Waals surface area contributed by atoms with Gasteiger partial charge in [0.1, 0.15) is 0 Å². The predicted octanol–water partition coefficient (Wildman–Crippen LogP) is 3.61. The van der Waals surface area contributed by atoms with E-state index in [0.29, 0.717) is 12.1 Å². The van der Waals surface area contributed by atoms with Crippen LogP contribution < -0.4 is 0 Å². The molecular formula is C16H20F3NO. The second-order valence-corrected chi connectivity index (χ2v) is 6.31. The fourth-order valence-corrected chi connectivity index (χ4v) is 3.98. The molecule has 2 aliphatic heterocycles. The minimum atomic E-state index is -4.41. The molecule has 2 fully saturated rings. The minimum absolute atomic E-state index is 0.0268. The van der Waals surface area contributed by atoms with Gasteiger partial charge in [-0.3, -0.25) is 0 Å². The fourth-order valence-electron chi connectivity index (χ4n) is 3.98. The summed E-state index contributed by atoms with van der Waals surface area (Å²) in [6.45, 7) is 0. The number of nitrogens with zero attached hydrogens (tertiary/aromatic N) is 1. The molecular weight excluding hydrogens is 279 g/mol. The first kappa shape index (κ1) is 14.9. The maximum Gasteiger partial charge on any atom is 0.416 e. The molecule has 3 atom stereocenters. The molecule has 2 saturated heterocycles. The van der Waals surface area contributed by atoms with Crippen LogP contribution in [0, 0.1) is 5.92 Å². The largest absolute Gasteiger partial charge is 0.416 e. The minimum Gasteiger partial charge on any atom is -0.388 e. The van der Waals surface area contributed by atoms with Crippen molar-refractivity contribution < 1.29 is 18.3 Å². The van der Waals surface area contributed by atoms with Gasteiger partial charge in [-0.05, 0) is 50.3 Å². The normalized spacial score (nSPS) is 31.4. The van der Waals surface area contributed by atoms with Gasteiger partial charge in [-0.2, -0.15) is 13.2 Å². The second kappa shape index (κ2) is 5.29. The molecule has 21 heavy (non-hydrogen) atoms. The molecule has 0 saturated carbocycles. The lowest BCUT2D eigenvalue weighted by molar-refractivity contribution is -0.139. The third-order valence-electron chi connectivity index (χ3n) is 5.17. The number of aliphatic hydroxyl groups is 1. The van der Waals surface area contributed by atoms with Gasteiger partial charge in [0.25, 0.3) is 0 Å². The van der Waals surface area contributed by atoms with Crippen LogP contribution in [0.4, 0.5) is 13.2 Å². The van der Waals surface area contributed by atoms with Crippen LogP contribution in [-0.2, 0) is 6.18 Å². The number of hydrogen-bond acceptors (Lipinski definition) is 2. The lowest BCUT2D eigenvalue weighted by atomic mass is 9.82. The van der Waals surface area contributed by atoms with Crippen LogP contribution in [0.15, 0.2) is 24.3 Å². The van der Waals surface area contributed by atoms with E-state index in [-0.39, 0.29) is 11.5 Å². The average Bonchev–Trinajstić information content (AvgIpc) is 2.66. The second-order valence-electron chi connectivity index (χ2n) is 6.31. The first-order chi connectivity index (χ1) is 9.88. The van der Waals surface area contributed by atoms with Crippen LogP contribution in [0.1, 0.15) is 42.9 Å². The third-order valence-corrected chi connectivity index (χ3v) is 5.17. The summed E-state index contributed by atoms with van der Waals surface area (Å²) in [5.41, 5.74) is -0.678. The maximum atomic E-state index is 13.1. The van der Waals surface area contributed by atoms with Crippen LogP contribution in [0.2, 0.25) is 0 Å². The van der Waals surface area contributed by atoms with E-state index in [0.717, 1.165) is 31.7 Å². The third kappa shape index (κ3) is 2.69. The molecule has 1 aromatic rings. The molecule has 3 unspecified atom stereocenters. The maximum absolute atomic E-state index is 13.1. The summed E-state index contributed by atoms with van der Waals surface area (Å²) >= 11 is 0. The van der Waals surface area contributed by atoms with Crippen molar-refractivity contribution in [1.29, 1.82) is 0 Å². The Kier molecular flexibility index (Phi) is 3.74. The molecule has 0 amide bonds. The topological polar surface area (TPSA) is 23.5 Å². The van der Waals surface area contributed by atoms with Crippen molar-refractivity contribution in [2.45, 2.75) is 50.0 Å². The summed E-state index contributed by atoms with van der Waals surface area (Å²) in [5.74, 6) is -0.0813. The van der Waals surface area contributed by atoms with Gasteiger partial charge >= 0.3 is 6.18 Å². The number of rotatable bonds is 2. The van der Waals surface area contributed by atoms with Crippen molar-refractivity contribution in [2.24, 2.45) is 5.92 Å². The highest BCUT2D eigenvalue weighted by molar-refractivity contribution is 5.32. The monoisotopic (exact) mass is 299 g/mol. The van der Waals surface area contributed by atoms with E-state index >= 15 is 0 Å². The Morgan fingerprint density at radius 1 is 1.14 bits per heavy atom. The fraction of sp³-hybridized carbons (Fsp3) is 0.625. The Labute approximate surface area is 122 Å². The molecule has 0 radical (unpaired) electrons. The molecule has 3 rings (SSSR count). The van der Waals surface area contributed by atoms with Crippen LogP contribution in [0.5, 0.6) is 0 Å². The van der Waals surface area contributed by atoms with Gasteiger partial charge in [0.2, 0.25) is 0 Å². The summed E-state index contributed by atoms with van der Waals surface area (Å²) in [4.78, 5) is 2.32. The SMILES string of the molecule is CN1C2CCC1CC(C(O)c1ccccc1C(F)(F)F)C2. The van der Waals surface area contributed by atoms with E-state index in [2.05, 4.69) is 11.9 Å². The van der Waals surface area contributed by atoms with Crippen LogP contribution in [-0.4, -0.2) is 29.1 Å². The highest BCUT2D eigenvalue weighted by Crippen LogP contribution is 2.44. The molecule has 2 nitrogen and oxygen atoms in total. The molecule has 2 bridgehead atoms. The number of alkyl halides is 3. The van der Waals surface area contributed by atoms with Gasteiger partial charge in [0, 0.05) is 12.1 Å². The zero-order chi connectivity index (χ0) is 15.2. The predicted molar refractivity (Wildman–Crippen MR) is 73.7 cm³/mol. The van der Waals surface area contributed by atoms with Crippen molar-refractivity contribution in [3.05, 3.63) is 35.4 Å². The Morgan fingerprint density at radius 2 is 1.71 bits per heavy atom. The van der Waals surface area contributed by atoms with Gasteiger partial charge in [-0.25, -0.2) is 0 Å². The summed E-state index contributed by atoms with van der Waals surface area (Å²) in [7, 11) is 2.08. The highest BCUT2D eigenvalue weighted by Gasteiger charge is 2.43. The molecule has 2 heterocycles. The number of benzene rings is 1. The number of hydrogen-bond donors (Lipinski definition) is 1. The summed E-state index contributed by atoms with van der Waals surface area (Å²) < 4.78 is 39.3. The highest BCUT2D eigenvalue weighted by atomic mass is 19.4. The van der Waals surface area contributed by atoms with Crippen molar-refractivity contribution in [2.75, 3.05) is 7.05 Å². The van der Waals surface area contributed by atoms with E-state index < -0.39 is 17.8 Å². The molecule has 0 aromatic heterocycles. The van der Waals surface area contributed by atoms with Crippen LogP contribution in [0.3, 0.4) is 0 Å². The first-order valence-electron chi connectivity index (χ1n) is 7.44. The Bertz CT molecular complexity index is 502. The average molecular weight is 299 g/mol. The Hall–Kier alpha value is -1.07. The van der Waals surface area contributed by atoms with Crippen LogP contribution in [0.25, 0.3) is 0 Å². The zero-order valence-electron chi connectivity index (χ0n) is 12.0. The molecule has 5 heteroatoms. The Balaban J connectivity index is 1.85. The number of halogens is 3. The lowest BCUT2D eigenvalue weighted by Crippen LogP contribution is -2.41. The summed E-state index contributed by atoms with van der Waals surface area (Å²) in [6.07, 6.45) is -1.71. The van der Waals surface area contributed by atoms with Gasteiger partial charge in [0.15, 0.2) is 0 Å². The van der Waals surface area contributed by atoms with Gasteiger partial charge < -0.3 is 10.0 Å². The van der Waals surface area contributed by atoms with E-state index in [9.17, 15) is 18.3 Å². The number of aliphatic hydroxyl groups excluding tert-OH is 1. The van der Waals surface area contributed by atoms with Crippen LogP contribution >= 0.6 is 0 Å². The van der Waals surface area contributed by atoms with Crippen molar-refractivity contribution in [3.63, 3.8) is 0 Å². The number of piperidine rings is 1. The van der Waals surface area contributed by atoms with Gasteiger partial charge in [0.05, 0.1) is 11.7 Å². The smallest absolute Gasteiger partial charge is 0.388 e. The molecule has 0 spiro atoms. The van der Waals surface area contributed by atoms with E-state index in [1.807, 2.05) is 0 Å². The molecule has 116 valence electrons. The van der Waals surface area contributed by atoms with Gasteiger partial charge in [-0.1, -0.05) is 18.2 Å². The molecule has 1 aromatic carbocycles. The number of fused-ring (bicyclic) bond motifs is 2. The summed E-state index contributed by atoms with van der Waals surface area (Å²) in [6, 6.07) is 6.22. The molecule has 2 aliphatic rings. The van der Waals surface area contributed by atoms with E-state index in [4.69, 9.17) is 0 Å². The zero-order valence-corrected chi connectivity index (χ0v) is 12.0.